The van der Waals surface area contributed by atoms with Crippen molar-refractivity contribution in [2.24, 2.45) is 0 Å². The third-order valence-corrected chi connectivity index (χ3v) is 2.71. The number of benzene rings is 1. The minimum atomic E-state index is -4.34. The lowest BCUT2D eigenvalue weighted by atomic mass is 10.0. The van der Waals surface area contributed by atoms with E-state index in [0.717, 1.165) is 17.7 Å². The Bertz CT molecular complexity index is 561. The van der Waals surface area contributed by atoms with Crippen LogP contribution in [-0.2, 0) is 12.6 Å². The number of nitrogens with two attached hydrogens (primary N) is 1. The van der Waals surface area contributed by atoms with E-state index >= 15 is 0 Å². The first-order valence-electron chi connectivity index (χ1n) is 5.17. The molecule has 2 aromatic rings. The second-order valence-corrected chi connectivity index (χ2v) is 3.78. The molecule has 1 aromatic carbocycles. The monoisotopic (exact) mass is 240 g/mol. The van der Waals surface area contributed by atoms with Crippen molar-refractivity contribution >= 4 is 16.6 Å². The third-order valence-electron chi connectivity index (χ3n) is 2.71. The first-order valence-corrected chi connectivity index (χ1v) is 5.17. The minimum absolute atomic E-state index is 0.255. The van der Waals surface area contributed by atoms with Gasteiger partial charge < -0.3 is 5.73 Å². The van der Waals surface area contributed by atoms with E-state index in [2.05, 4.69) is 4.98 Å². The SMILES string of the molecule is CCc1cnc(N)c2ccc(C(F)(F)F)cc12. The number of alkyl halides is 3. The fourth-order valence-electron chi connectivity index (χ4n) is 1.78. The van der Waals surface area contributed by atoms with E-state index < -0.39 is 11.7 Å². The molecule has 1 heterocycles. The summed E-state index contributed by atoms with van der Waals surface area (Å²) in [5.74, 6) is 0.255. The number of pyridine rings is 1. The Morgan fingerprint density at radius 1 is 1.24 bits per heavy atom. The van der Waals surface area contributed by atoms with Crippen LogP contribution in [0.5, 0.6) is 0 Å². The van der Waals surface area contributed by atoms with Gasteiger partial charge in [0.15, 0.2) is 0 Å². The van der Waals surface area contributed by atoms with Crippen molar-refractivity contribution < 1.29 is 13.2 Å². The minimum Gasteiger partial charge on any atom is -0.383 e. The van der Waals surface area contributed by atoms with Gasteiger partial charge in [0.2, 0.25) is 0 Å². The molecule has 5 heteroatoms. The normalized spacial score (nSPS) is 12.0. The molecule has 90 valence electrons. The second kappa shape index (κ2) is 3.91. The molecule has 0 spiro atoms. The van der Waals surface area contributed by atoms with Crippen LogP contribution in [0.15, 0.2) is 24.4 Å². The molecule has 1 aromatic heterocycles. The molecule has 0 amide bonds. The van der Waals surface area contributed by atoms with Crippen LogP contribution >= 0.6 is 0 Å². The van der Waals surface area contributed by atoms with Crippen molar-refractivity contribution in [2.45, 2.75) is 19.5 Å². The average molecular weight is 240 g/mol. The summed E-state index contributed by atoms with van der Waals surface area (Å²) in [5.41, 5.74) is 5.75. The Hall–Kier alpha value is -1.78. The van der Waals surface area contributed by atoms with Crippen molar-refractivity contribution in [2.75, 3.05) is 5.73 Å². The summed E-state index contributed by atoms with van der Waals surface area (Å²) in [6.07, 6.45) is -2.19. The molecule has 0 saturated heterocycles. The maximum absolute atomic E-state index is 12.6. The maximum Gasteiger partial charge on any atom is 0.416 e. The fourth-order valence-corrected chi connectivity index (χ4v) is 1.78. The highest BCUT2D eigenvalue weighted by Crippen LogP contribution is 2.33. The van der Waals surface area contributed by atoms with Crippen molar-refractivity contribution in [1.82, 2.24) is 4.98 Å². The molecule has 17 heavy (non-hydrogen) atoms. The van der Waals surface area contributed by atoms with Crippen LogP contribution in [0.3, 0.4) is 0 Å². The average Bonchev–Trinajstić information content (AvgIpc) is 2.28. The molecule has 2 rings (SSSR count). The van der Waals surface area contributed by atoms with Gasteiger partial charge in [0, 0.05) is 11.6 Å². The standard InChI is InChI=1S/C12H11F3N2/c1-2-7-6-17-11(16)9-4-3-8(5-10(7)9)12(13,14)15/h3-6H,2H2,1H3,(H2,16,17). The number of aryl methyl sites for hydroxylation is 1. The highest BCUT2D eigenvalue weighted by atomic mass is 19.4. The predicted molar refractivity (Wildman–Crippen MR) is 60.5 cm³/mol. The zero-order valence-corrected chi connectivity index (χ0v) is 9.17. The second-order valence-electron chi connectivity index (χ2n) is 3.78. The van der Waals surface area contributed by atoms with E-state index in [9.17, 15) is 13.2 Å². The third kappa shape index (κ3) is 2.05. The molecule has 0 aliphatic carbocycles. The highest BCUT2D eigenvalue weighted by Gasteiger charge is 2.30. The van der Waals surface area contributed by atoms with Gasteiger partial charge in [0.25, 0.3) is 0 Å². The van der Waals surface area contributed by atoms with E-state index in [1.807, 2.05) is 6.92 Å². The van der Waals surface area contributed by atoms with E-state index in [0.29, 0.717) is 17.2 Å². The summed E-state index contributed by atoms with van der Waals surface area (Å²) in [6, 6.07) is 3.53. The number of hydrogen-bond acceptors (Lipinski definition) is 2. The van der Waals surface area contributed by atoms with Crippen LogP contribution in [0.25, 0.3) is 10.8 Å². The Labute approximate surface area is 96.3 Å². The number of halogens is 3. The van der Waals surface area contributed by atoms with Crippen LogP contribution in [0.4, 0.5) is 19.0 Å². The van der Waals surface area contributed by atoms with Crippen LogP contribution in [0.2, 0.25) is 0 Å². The van der Waals surface area contributed by atoms with Gasteiger partial charge in [-0.1, -0.05) is 13.0 Å². The molecule has 0 atom stereocenters. The maximum atomic E-state index is 12.6. The van der Waals surface area contributed by atoms with E-state index in [4.69, 9.17) is 5.73 Å². The van der Waals surface area contributed by atoms with E-state index in [1.165, 1.54) is 12.3 Å². The summed E-state index contributed by atoms with van der Waals surface area (Å²) in [5, 5.41) is 1.09. The molecule has 0 aliphatic rings. The molecule has 0 radical (unpaired) electrons. The lowest BCUT2D eigenvalue weighted by Crippen LogP contribution is -2.05. The van der Waals surface area contributed by atoms with Crippen LogP contribution in [-0.4, -0.2) is 4.98 Å². The smallest absolute Gasteiger partial charge is 0.383 e. The first kappa shape index (κ1) is 11.7. The number of aromatic nitrogens is 1. The van der Waals surface area contributed by atoms with Gasteiger partial charge in [-0.25, -0.2) is 4.98 Å². The molecule has 0 unspecified atom stereocenters. The van der Waals surface area contributed by atoms with Crippen LogP contribution in [0.1, 0.15) is 18.1 Å². The first-order chi connectivity index (χ1) is 7.93. The highest BCUT2D eigenvalue weighted by molar-refractivity contribution is 5.93. The quantitative estimate of drug-likeness (QED) is 0.829. The summed E-state index contributed by atoms with van der Waals surface area (Å²) in [6.45, 7) is 1.87. The molecule has 0 bridgehead atoms. The lowest BCUT2D eigenvalue weighted by Gasteiger charge is -2.11. The fraction of sp³-hybridized carbons (Fsp3) is 0.250. The zero-order chi connectivity index (χ0) is 12.6. The number of nitrogens with zero attached hydrogens (tertiary/aromatic N) is 1. The topological polar surface area (TPSA) is 38.9 Å². The number of rotatable bonds is 1. The summed E-state index contributed by atoms with van der Waals surface area (Å²) < 4.78 is 37.8. The van der Waals surface area contributed by atoms with Gasteiger partial charge in [-0.3, -0.25) is 0 Å². The van der Waals surface area contributed by atoms with Gasteiger partial charge in [-0.05, 0) is 29.5 Å². The Balaban J connectivity index is 2.75. The largest absolute Gasteiger partial charge is 0.416 e. The molecular weight excluding hydrogens is 229 g/mol. The van der Waals surface area contributed by atoms with Crippen molar-refractivity contribution in [3.8, 4) is 0 Å². The number of fused-ring (bicyclic) bond motifs is 1. The van der Waals surface area contributed by atoms with Gasteiger partial charge in [-0.15, -0.1) is 0 Å². The summed E-state index contributed by atoms with van der Waals surface area (Å²) >= 11 is 0. The predicted octanol–water partition coefficient (Wildman–Crippen LogP) is 3.40. The molecule has 2 nitrogen and oxygen atoms in total. The lowest BCUT2D eigenvalue weighted by molar-refractivity contribution is -0.137. The zero-order valence-electron chi connectivity index (χ0n) is 9.17. The van der Waals surface area contributed by atoms with Crippen molar-refractivity contribution in [1.29, 1.82) is 0 Å². The van der Waals surface area contributed by atoms with Crippen molar-refractivity contribution in [3.63, 3.8) is 0 Å². The van der Waals surface area contributed by atoms with Gasteiger partial charge in [0.05, 0.1) is 5.56 Å². The van der Waals surface area contributed by atoms with Gasteiger partial charge in [-0.2, -0.15) is 13.2 Å². The molecule has 0 aliphatic heterocycles. The van der Waals surface area contributed by atoms with Gasteiger partial charge >= 0.3 is 6.18 Å². The van der Waals surface area contributed by atoms with Crippen LogP contribution in [0, 0.1) is 0 Å². The van der Waals surface area contributed by atoms with Crippen LogP contribution < -0.4 is 5.73 Å². The molecular formula is C12H11F3N2. The van der Waals surface area contributed by atoms with E-state index in [1.54, 1.807) is 0 Å². The Kier molecular flexibility index (Phi) is 2.69. The summed E-state index contributed by atoms with van der Waals surface area (Å²) in [7, 11) is 0. The van der Waals surface area contributed by atoms with E-state index in [-0.39, 0.29) is 5.82 Å². The Morgan fingerprint density at radius 2 is 1.94 bits per heavy atom. The number of nitrogen functional groups attached to an aromatic ring is 1. The molecule has 0 saturated carbocycles. The number of hydrogen-bond donors (Lipinski definition) is 1. The Morgan fingerprint density at radius 3 is 2.53 bits per heavy atom. The molecule has 0 fully saturated rings. The van der Waals surface area contributed by atoms with Gasteiger partial charge in [0.1, 0.15) is 5.82 Å². The number of anilines is 1. The summed E-state index contributed by atoms with van der Waals surface area (Å²) in [4.78, 5) is 3.97. The molecule has 2 N–H and O–H groups in total. The van der Waals surface area contributed by atoms with Crippen molar-refractivity contribution in [3.05, 3.63) is 35.5 Å².